The Morgan fingerprint density at radius 2 is 2.07 bits per heavy atom. The predicted octanol–water partition coefficient (Wildman–Crippen LogP) is 4.66. The van der Waals surface area contributed by atoms with Crippen molar-refractivity contribution in [1.29, 1.82) is 0 Å². The highest BCUT2D eigenvalue weighted by atomic mass is 79.9. The number of amides is 1. The first kappa shape index (κ1) is 19.7. The molecule has 1 heterocycles. The zero-order chi connectivity index (χ0) is 20.1. The number of hydrogen-bond donors (Lipinski definition) is 1. The van der Waals surface area contributed by atoms with Gasteiger partial charge in [0.05, 0.1) is 31.8 Å². The maximum atomic E-state index is 12.4. The van der Waals surface area contributed by atoms with Gasteiger partial charge in [0.2, 0.25) is 5.91 Å². The fraction of sp³-hybridized carbons (Fsp3) is 0.304. The fourth-order valence-corrected chi connectivity index (χ4v) is 4.12. The van der Waals surface area contributed by atoms with Gasteiger partial charge in [0, 0.05) is 15.7 Å². The average Bonchev–Trinajstić information content (AvgIpc) is 3.13. The number of carbonyl (C=O) groups is 1. The molecule has 0 saturated heterocycles. The highest BCUT2D eigenvalue weighted by molar-refractivity contribution is 9.10. The highest BCUT2D eigenvalue weighted by Gasteiger charge is 2.25. The number of benzene rings is 2. The van der Waals surface area contributed by atoms with Gasteiger partial charge in [-0.3, -0.25) is 9.48 Å². The van der Waals surface area contributed by atoms with Crippen molar-refractivity contribution in [2.45, 2.75) is 38.3 Å². The van der Waals surface area contributed by atoms with Crippen LogP contribution in [0, 0.1) is 0 Å². The normalized spacial score (nSPS) is 15.6. The molecule has 0 aliphatic heterocycles. The Labute approximate surface area is 179 Å². The van der Waals surface area contributed by atoms with Crippen LogP contribution in [0.1, 0.15) is 42.1 Å². The van der Waals surface area contributed by atoms with Gasteiger partial charge in [-0.05, 0) is 43.0 Å². The molecule has 1 amide bonds. The molecule has 0 radical (unpaired) electrons. The van der Waals surface area contributed by atoms with Crippen LogP contribution in [0.15, 0.2) is 65.3 Å². The van der Waals surface area contributed by atoms with Crippen LogP contribution in [-0.2, 0) is 17.8 Å². The largest absolute Gasteiger partial charge is 0.493 e. The molecule has 0 fully saturated rings. The van der Waals surface area contributed by atoms with Crippen LogP contribution in [0.25, 0.3) is 0 Å². The number of aromatic nitrogens is 2. The molecule has 2 aromatic carbocycles. The maximum Gasteiger partial charge on any atom is 0.223 e. The SMILES string of the molecule is O=C(CCOc1cccc(Br)c1)NC1CCCc2c1cnn2Cc1ccccc1. The predicted molar refractivity (Wildman–Crippen MR) is 116 cm³/mol. The Balaban J connectivity index is 1.34. The number of rotatable bonds is 7. The number of halogens is 1. The molecule has 29 heavy (non-hydrogen) atoms. The van der Waals surface area contributed by atoms with E-state index in [4.69, 9.17) is 4.74 Å². The molecule has 1 aromatic heterocycles. The summed E-state index contributed by atoms with van der Waals surface area (Å²) in [4.78, 5) is 12.4. The van der Waals surface area contributed by atoms with E-state index in [1.165, 1.54) is 11.3 Å². The minimum Gasteiger partial charge on any atom is -0.493 e. The van der Waals surface area contributed by atoms with Gasteiger partial charge in [-0.15, -0.1) is 0 Å². The topological polar surface area (TPSA) is 56.1 Å². The van der Waals surface area contributed by atoms with Gasteiger partial charge < -0.3 is 10.1 Å². The summed E-state index contributed by atoms with van der Waals surface area (Å²) >= 11 is 3.42. The Kier molecular flexibility index (Phi) is 6.30. The molecule has 0 spiro atoms. The van der Waals surface area contributed by atoms with Crippen LogP contribution < -0.4 is 10.1 Å². The summed E-state index contributed by atoms with van der Waals surface area (Å²) < 4.78 is 8.71. The quantitative estimate of drug-likeness (QED) is 0.565. The lowest BCUT2D eigenvalue weighted by Crippen LogP contribution is -2.31. The fourth-order valence-electron chi connectivity index (χ4n) is 3.75. The molecule has 6 heteroatoms. The zero-order valence-electron chi connectivity index (χ0n) is 16.2. The number of carbonyl (C=O) groups excluding carboxylic acids is 1. The van der Waals surface area contributed by atoms with Crippen molar-refractivity contribution in [2.24, 2.45) is 0 Å². The minimum atomic E-state index is 0.00801. The molecule has 150 valence electrons. The standard InChI is InChI=1S/C23H24BrN3O2/c24-18-8-4-9-19(14-18)29-13-12-23(28)26-21-10-5-11-22-20(21)15-25-27(22)16-17-6-2-1-3-7-17/h1-4,6-9,14-15,21H,5,10-13,16H2,(H,26,28). The lowest BCUT2D eigenvalue weighted by Gasteiger charge is -2.24. The molecular formula is C23H24BrN3O2. The molecule has 1 aliphatic rings. The summed E-state index contributed by atoms with van der Waals surface area (Å²) in [5, 5.41) is 7.77. The third kappa shape index (κ3) is 5.07. The monoisotopic (exact) mass is 453 g/mol. The zero-order valence-corrected chi connectivity index (χ0v) is 17.8. The third-order valence-corrected chi connectivity index (χ3v) is 5.66. The summed E-state index contributed by atoms with van der Waals surface area (Å²) in [6.07, 6.45) is 5.24. The number of hydrogen-bond acceptors (Lipinski definition) is 3. The van der Waals surface area contributed by atoms with Crippen molar-refractivity contribution >= 4 is 21.8 Å². The summed E-state index contributed by atoms with van der Waals surface area (Å²) in [6.45, 7) is 1.12. The van der Waals surface area contributed by atoms with E-state index in [0.717, 1.165) is 41.6 Å². The molecule has 0 saturated carbocycles. The van der Waals surface area contributed by atoms with Gasteiger partial charge in [0.25, 0.3) is 0 Å². The van der Waals surface area contributed by atoms with Gasteiger partial charge >= 0.3 is 0 Å². The average molecular weight is 454 g/mol. The van der Waals surface area contributed by atoms with E-state index in [0.29, 0.717) is 13.0 Å². The van der Waals surface area contributed by atoms with Crippen LogP contribution in [0.2, 0.25) is 0 Å². The maximum absolute atomic E-state index is 12.4. The van der Waals surface area contributed by atoms with Gasteiger partial charge in [0.15, 0.2) is 0 Å². The van der Waals surface area contributed by atoms with E-state index in [2.05, 4.69) is 43.2 Å². The van der Waals surface area contributed by atoms with E-state index in [-0.39, 0.29) is 11.9 Å². The van der Waals surface area contributed by atoms with Crippen LogP contribution in [-0.4, -0.2) is 22.3 Å². The second-order valence-corrected chi connectivity index (χ2v) is 8.17. The van der Waals surface area contributed by atoms with E-state index >= 15 is 0 Å². The number of nitrogens with one attached hydrogen (secondary N) is 1. The first-order valence-corrected chi connectivity index (χ1v) is 10.7. The van der Waals surface area contributed by atoms with Gasteiger partial charge in [-0.1, -0.05) is 52.3 Å². The number of fused-ring (bicyclic) bond motifs is 1. The first-order valence-electron chi connectivity index (χ1n) is 9.95. The number of ether oxygens (including phenoxy) is 1. The van der Waals surface area contributed by atoms with Crippen molar-refractivity contribution in [3.05, 3.63) is 82.1 Å². The second kappa shape index (κ2) is 9.27. The van der Waals surface area contributed by atoms with E-state index in [9.17, 15) is 4.79 Å². The molecule has 1 atom stereocenters. The lowest BCUT2D eigenvalue weighted by molar-refractivity contribution is -0.122. The molecule has 0 bridgehead atoms. The van der Waals surface area contributed by atoms with E-state index in [1.54, 1.807) is 0 Å². The van der Waals surface area contributed by atoms with E-state index < -0.39 is 0 Å². The number of nitrogens with zero attached hydrogens (tertiary/aromatic N) is 2. The Morgan fingerprint density at radius 3 is 2.90 bits per heavy atom. The smallest absolute Gasteiger partial charge is 0.223 e. The third-order valence-electron chi connectivity index (χ3n) is 5.17. The van der Waals surface area contributed by atoms with Gasteiger partial charge in [-0.25, -0.2) is 0 Å². The van der Waals surface area contributed by atoms with Crippen LogP contribution in [0.5, 0.6) is 5.75 Å². The lowest BCUT2D eigenvalue weighted by atomic mass is 9.92. The summed E-state index contributed by atoms with van der Waals surface area (Å²) in [5.74, 6) is 0.767. The van der Waals surface area contributed by atoms with Gasteiger partial charge in [0.1, 0.15) is 5.75 Å². The minimum absolute atomic E-state index is 0.00801. The molecular weight excluding hydrogens is 430 g/mol. The molecule has 1 aliphatic carbocycles. The Hall–Kier alpha value is -2.60. The van der Waals surface area contributed by atoms with Crippen molar-refractivity contribution < 1.29 is 9.53 Å². The summed E-state index contributed by atoms with van der Waals surface area (Å²) in [7, 11) is 0. The molecule has 4 rings (SSSR count). The van der Waals surface area contributed by atoms with Crippen LogP contribution in [0.3, 0.4) is 0 Å². The summed E-state index contributed by atoms with van der Waals surface area (Å²) in [6, 6.07) is 18.0. The van der Waals surface area contributed by atoms with Crippen LogP contribution in [0.4, 0.5) is 0 Å². The molecule has 3 aromatic rings. The molecule has 1 N–H and O–H groups in total. The van der Waals surface area contributed by atoms with E-state index in [1.807, 2.05) is 48.7 Å². The van der Waals surface area contributed by atoms with Gasteiger partial charge in [-0.2, -0.15) is 5.10 Å². The van der Waals surface area contributed by atoms with Crippen molar-refractivity contribution in [1.82, 2.24) is 15.1 Å². The van der Waals surface area contributed by atoms with Crippen molar-refractivity contribution in [3.8, 4) is 5.75 Å². The molecule has 5 nitrogen and oxygen atoms in total. The second-order valence-electron chi connectivity index (χ2n) is 7.26. The highest BCUT2D eigenvalue weighted by Crippen LogP contribution is 2.30. The molecule has 1 unspecified atom stereocenters. The van der Waals surface area contributed by atoms with Crippen molar-refractivity contribution in [3.63, 3.8) is 0 Å². The summed E-state index contributed by atoms with van der Waals surface area (Å²) in [5.41, 5.74) is 3.61. The van der Waals surface area contributed by atoms with Crippen molar-refractivity contribution in [2.75, 3.05) is 6.61 Å². The Morgan fingerprint density at radius 1 is 1.21 bits per heavy atom. The first-order chi connectivity index (χ1) is 14.2. The van der Waals surface area contributed by atoms with Crippen LogP contribution >= 0.6 is 15.9 Å². The Bertz CT molecular complexity index is 971.